The second kappa shape index (κ2) is 6.42. The van der Waals surface area contributed by atoms with Crippen molar-refractivity contribution in [2.45, 2.75) is 83.6 Å². The van der Waals surface area contributed by atoms with Gasteiger partial charge >= 0.3 is 5.97 Å². The van der Waals surface area contributed by atoms with E-state index in [0.717, 1.165) is 32.1 Å². The summed E-state index contributed by atoms with van der Waals surface area (Å²) in [5, 5.41) is -0.486. The van der Waals surface area contributed by atoms with Gasteiger partial charge in [-0.1, -0.05) is 19.4 Å². The molecule has 3 fully saturated rings. The average Bonchev–Trinajstić information content (AvgIpc) is 2.83. The maximum absolute atomic E-state index is 12.9. The van der Waals surface area contributed by atoms with Crippen molar-refractivity contribution in [3.8, 4) is 0 Å². The number of hydrogen-bond donors (Lipinski definition) is 0. The summed E-state index contributed by atoms with van der Waals surface area (Å²) < 4.78 is 5.79. The number of fused-ring (bicyclic) bond motifs is 5. The molecule has 0 saturated heterocycles. The van der Waals surface area contributed by atoms with Gasteiger partial charge in [-0.05, 0) is 74.7 Å². The van der Waals surface area contributed by atoms with Gasteiger partial charge in [0, 0.05) is 18.8 Å². The largest absolute Gasteiger partial charge is 0.449 e. The van der Waals surface area contributed by atoms with Crippen LogP contribution in [0.3, 0.4) is 0 Å². The Morgan fingerprint density at radius 2 is 1.82 bits per heavy atom. The van der Waals surface area contributed by atoms with E-state index in [2.05, 4.69) is 13.8 Å². The Morgan fingerprint density at radius 3 is 2.46 bits per heavy atom. The quantitative estimate of drug-likeness (QED) is 0.495. The second-order valence-corrected chi connectivity index (χ2v) is 10.5. The predicted molar refractivity (Wildman–Crippen MR) is 107 cm³/mol. The molecule has 0 amide bonds. The molecular formula is C23H31ClO4. The monoisotopic (exact) mass is 406 g/mol. The molecule has 0 aromatic heterocycles. The van der Waals surface area contributed by atoms with E-state index in [9.17, 15) is 14.4 Å². The molecule has 154 valence electrons. The molecule has 0 spiro atoms. The molecule has 0 unspecified atom stereocenters. The highest BCUT2D eigenvalue weighted by Gasteiger charge is 2.71. The van der Waals surface area contributed by atoms with Crippen molar-refractivity contribution in [1.82, 2.24) is 0 Å². The summed E-state index contributed by atoms with van der Waals surface area (Å²) >= 11 is 6.81. The van der Waals surface area contributed by atoms with Gasteiger partial charge in [0.25, 0.3) is 0 Å². The lowest BCUT2D eigenvalue weighted by Crippen LogP contribution is -2.60. The Balaban J connectivity index is 1.74. The van der Waals surface area contributed by atoms with Crippen molar-refractivity contribution in [2.24, 2.45) is 28.6 Å². The Labute approximate surface area is 172 Å². The van der Waals surface area contributed by atoms with Crippen LogP contribution in [0.15, 0.2) is 11.6 Å². The highest BCUT2D eigenvalue weighted by molar-refractivity contribution is 6.24. The van der Waals surface area contributed by atoms with E-state index in [0.29, 0.717) is 24.7 Å². The van der Waals surface area contributed by atoms with Crippen LogP contribution >= 0.6 is 11.6 Å². The molecule has 0 aromatic carbocycles. The summed E-state index contributed by atoms with van der Waals surface area (Å²) in [6, 6.07) is 0. The number of halogens is 1. The number of carbonyl (C=O) groups is 3. The van der Waals surface area contributed by atoms with E-state index in [-0.39, 0.29) is 22.9 Å². The standard InChI is InChI=1S/C23H31ClO4/c1-13(25)23(28-14(2)26)20(24)12-19-17-6-5-15-11-16(27)7-9-21(15,3)18(17)8-10-22(19,23)4/h11,17-20H,5-10,12H2,1-4H3/t17-,18+,19+,20+,21+,22+,23-/m1/s1. The lowest BCUT2D eigenvalue weighted by atomic mass is 9.46. The summed E-state index contributed by atoms with van der Waals surface area (Å²) in [5.41, 5.74) is -0.259. The minimum absolute atomic E-state index is 0.0723. The molecule has 0 N–H and O–H groups in total. The fourth-order valence-electron chi connectivity index (χ4n) is 7.62. The van der Waals surface area contributed by atoms with Crippen molar-refractivity contribution in [1.29, 1.82) is 0 Å². The van der Waals surface area contributed by atoms with Crippen LogP contribution in [-0.2, 0) is 19.1 Å². The Morgan fingerprint density at radius 1 is 1.11 bits per heavy atom. The van der Waals surface area contributed by atoms with Gasteiger partial charge in [0.05, 0.1) is 5.38 Å². The van der Waals surface area contributed by atoms with E-state index in [1.165, 1.54) is 19.4 Å². The van der Waals surface area contributed by atoms with Crippen molar-refractivity contribution in [2.75, 3.05) is 0 Å². The summed E-state index contributed by atoms with van der Waals surface area (Å²) in [4.78, 5) is 36.8. The molecule has 7 atom stereocenters. The fraction of sp³-hybridized carbons (Fsp3) is 0.783. The molecule has 4 aliphatic carbocycles. The van der Waals surface area contributed by atoms with Crippen molar-refractivity contribution < 1.29 is 19.1 Å². The zero-order valence-electron chi connectivity index (χ0n) is 17.3. The zero-order valence-corrected chi connectivity index (χ0v) is 18.1. The molecule has 0 radical (unpaired) electrons. The molecule has 3 saturated carbocycles. The molecule has 0 aromatic rings. The summed E-state index contributed by atoms with van der Waals surface area (Å²) in [6.45, 7) is 7.35. The first kappa shape index (κ1) is 20.1. The van der Waals surface area contributed by atoms with E-state index in [1.807, 2.05) is 6.08 Å². The third-order valence-electron chi connectivity index (χ3n) is 8.93. The Kier molecular flexibility index (Phi) is 4.61. The molecule has 0 aliphatic heterocycles. The number of Topliss-reactive ketones (excluding diaryl/α,β-unsaturated/α-hetero) is 1. The van der Waals surface area contributed by atoms with Crippen LogP contribution in [0.2, 0.25) is 0 Å². The van der Waals surface area contributed by atoms with Gasteiger partial charge in [0.2, 0.25) is 0 Å². The summed E-state index contributed by atoms with van der Waals surface area (Å²) in [5.74, 6) is 0.912. The second-order valence-electron chi connectivity index (χ2n) is 10.0. The minimum atomic E-state index is -1.23. The number of ether oxygens (including phenoxy) is 1. The third kappa shape index (κ3) is 2.45. The summed E-state index contributed by atoms with van der Waals surface area (Å²) in [7, 11) is 0. The zero-order chi connectivity index (χ0) is 20.5. The number of alkyl halides is 1. The molecule has 0 bridgehead atoms. The first-order chi connectivity index (χ1) is 13.1. The molecule has 5 heteroatoms. The number of allylic oxidation sites excluding steroid dienone is 1. The van der Waals surface area contributed by atoms with Crippen LogP contribution in [0.5, 0.6) is 0 Å². The van der Waals surface area contributed by atoms with Crippen LogP contribution in [0.25, 0.3) is 0 Å². The van der Waals surface area contributed by atoms with E-state index < -0.39 is 22.4 Å². The molecule has 4 aliphatic rings. The molecule has 28 heavy (non-hydrogen) atoms. The predicted octanol–water partition coefficient (Wildman–Crippen LogP) is 4.63. The highest BCUT2D eigenvalue weighted by atomic mass is 35.5. The van der Waals surface area contributed by atoms with Gasteiger partial charge in [-0.15, -0.1) is 11.6 Å². The third-order valence-corrected chi connectivity index (χ3v) is 9.42. The van der Waals surface area contributed by atoms with Crippen LogP contribution < -0.4 is 0 Å². The minimum Gasteiger partial charge on any atom is -0.449 e. The van der Waals surface area contributed by atoms with E-state index in [1.54, 1.807) is 0 Å². The van der Waals surface area contributed by atoms with Gasteiger partial charge in [0.15, 0.2) is 17.2 Å². The first-order valence-electron chi connectivity index (χ1n) is 10.6. The van der Waals surface area contributed by atoms with Gasteiger partial charge < -0.3 is 4.74 Å². The topological polar surface area (TPSA) is 60.4 Å². The normalized spacial score (nSPS) is 47.5. The lowest BCUT2D eigenvalue weighted by Gasteiger charge is -2.59. The summed E-state index contributed by atoms with van der Waals surface area (Å²) in [6.07, 6.45) is 7.96. The molecule has 0 heterocycles. The van der Waals surface area contributed by atoms with Crippen LogP contribution in [0.1, 0.15) is 72.6 Å². The van der Waals surface area contributed by atoms with Crippen LogP contribution in [0, 0.1) is 28.6 Å². The van der Waals surface area contributed by atoms with Crippen molar-refractivity contribution in [3.63, 3.8) is 0 Å². The molecule has 4 rings (SSSR count). The Bertz CT molecular complexity index is 773. The van der Waals surface area contributed by atoms with Gasteiger partial charge in [-0.3, -0.25) is 14.4 Å². The number of rotatable bonds is 2. The van der Waals surface area contributed by atoms with E-state index >= 15 is 0 Å². The highest BCUT2D eigenvalue weighted by Crippen LogP contribution is 2.69. The lowest BCUT2D eigenvalue weighted by molar-refractivity contribution is -0.186. The van der Waals surface area contributed by atoms with Gasteiger partial charge in [-0.2, -0.15) is 0 Å². The van der Waals surface area contributed by atoms with Gasteiger partial charge in [0.1, 0.15) is 0 Å². The number of hydrogen-bond acceptors (Lipinski definition) is 4. The number of carbonyl (C=O) groups excluding carboxylic acids is 3. The number of ketones is 2. The number of esters is 1. The molecule has 4 nitrogen and oxygen atoms in total. The fourth-order valence-corrected chi connectivity index (χ4v) is 8.26. The molecular weight excluding hydrogens is 376 g/mol. The van der Waals surface area contributed by atoms with Crippen LogP contribution in [-0.4, -0.2) is 28.5 Å². The van der Waals surface area contributed by atoms with Crippen molar-refractivity contribution >= 4 is 29.1 Å². The van der Waals surface area contributed by atoms with E-state index in [4.69, 9.17) is 16.3 Å². The smallest absolute Gasteiger partial charge is 0.303 e. The first-order valence-corrected chi connectivity index (χ1v) is 11.1. The Hall–Kier alpha value is -1.16. The van der Waals surface area contributed by atoms with Crippen LogP contribution in [0.4, 0.5) is 0 Å². The maximum atomic E-state index is 12.9. The average molecular weight is 407 g/mol. The van der Waals surface area contributed by atoms with Gasteiger partial charge in [-0.25, -0.2) is 0 Å². The SMILES string of the molecule is CC(=O)O[C@]1(C(C)=O)[C@@H](Cl)C[C@H]2[C@@H]3CCC4=CC(=O)CC[C@]4(C)[C@H]3CC[C@@]21C. The maximum Gasteiger partial charge on any atom is 0.303 e. The van der Waals surface area contributed by atoms with Crippen molar-refractivity contribution in [3.05, 3.63) is 11.6 Å².